The van der Waals surface area contributed by atoms with E-state index in [0.717, 1.165) is 42.3 Å². The van der Waals surface area contributed by atoms with Crippen LogP contribution in [0, 0.1) is 0 Å². The van der Waals surface area contributed by atoms with E-state index in [2.05, 4.69) is 10.3 Å². The standard InChI is InChI=1S/C27H31ClN4O2/c1-27(26(34)29-21-9-5-3-2-4-6-10-21)18-31-23-12-8-7-11-22(23)30-24(31)25(33)32(27)17-19-13-15-20(28)16-14-19/h7-8,11-16,21H,2-6,9-10,17-18H2,1H3,(H,29,34)/t27-/m1/s1. The first-order valence-electron chi connectivity index (χ1n) is 12.3. The summed E-state index contributed by atoms with van der Waals surface area (Å²) in [5.41, 5.74) is 1.52. The van der Waals surface area contributed by atoms with Crippen molar-refractivity contribution in [2.75, 3.05) is 0 Å². The van der Waals surface area contributed by atoms with Crippen LogP contribution in [0.4, 0.5) is 0 Å². The first kappa shape index (κ1) is 22.9. The van der Waals surface area contributed by atoms with Crippen molar-refractivity contribution < 1.29 is 9.59 Å². The lowest BCUT2D eigenvalue weighted by Gasteiger charge is -2.44. The highest BCUT2D eigenvalue weighted by molar-refractivity contribution is 6.30. The number of aromatic nitrogens is 2. The Morgan fingerprint density at radius 3 is 2.47 bits per heavy atom. The van der Waals surface area contributed by atoms with Gasteiger partial charge < -0.3 is 14.8 Å². The fraction of sp³-hybridized carbons (Fsp3) is 0.444. The number of amides is 2. The molecule has 2 aliphatic rings. The molecule has 1 aromatic heterocycles. The zero-order valence-corrected chi connectivity index (χ0v) is 20.4. The van der Waals surface area contributed by atoms with Crippen LogP contribution in [-0.2, 0) is 17.9 Å². The molecule has 1 N–H and O–H groups in total. The minimum Gasteiger partial charge on any atom is -0.351 e. The number of rotatable bonds is 4. The van der Waals surface area contributed by atoms with Gasteiger partial charge in [-0.25, -0.2) is 4.98 Å². The van der Waals surface area contributed by atoms with E-state index < -0.39 is 5.54 Å². The van der Waals surface area contributed by atoms with Gasteiger partial charge in [-0.15, -0.1) is 0 Å². The Hall–Kier alpha value is -2.86. The van der Waals surface area contributed by atoms with Gasteiger partial charge in [-0.3, -0.25) is 9.59 Å². The zero-order valence-electron chi connectivity index (χ0n) is 19.6. The molecule has 1 aliphatic heterocycles. The van der Waals surface area contributed by atoms with Crippen LogP contribution in [0.3, 0.4) is 0 Å². The normalized spacial score (nSPS) is 21.7. The number of hydrogen-bond acceptors (Lipinski definition) is 3. The molecule has 34 heavy (non-hydrogen) atoms. The van der Waals surface area contributed by atoms with Crippen molar-refractivity contribution in [1.82, 2.24) is 19.8 Å². The molecule has 3 aromatic rings. The van der Waals surface area contributed by atoms with Gasteiger partial charge in [0.1, 0.15) is 5.54 Å². The van der Waals surface area contributed by atoms with Crippen molar-refractivity contribution in [3.8, 4) is 0 Å². The molecular weight excluding hydrogens is 448 g/mol. The average molecular weight is 479 g/mol. The Kier molecular flexibility index (Phi) is 6.34. The highest BCUT2D eigenvalue weighted by Gasteiger charge is 2.48. The Morgan fingerprint density at radius 2 is 1.74 bits per heavy atom. The van der Waals surface area contributed by atoms with Gasteiger partial charge in [-0.1, -0.05) is 68.0 Å². The number of nitrogens with zero attached hydrogens (tertiary/aromatic N) is 3. The van der Waals surface area contributed by atoms with E-state index >= 15 is 0 Å². The van der Waals surface area contributed by atoms with Crippen molar-refractivity contribution in [2.45, 2.75) is 76.5 Å². The van der Waals surface area contributed by atoms with Gasteiger partial charge in [0.25, 0.3) is 5.91 Å². The largest absolute Gasteiger partial charge is 0.351 e. The van der Waals surface area contributed by atoms with Crippen LogP contribution in [-0.4, -0.2) is 37.8 Å². The second-order valence-corrected chi connectivity index (χ2v) is 10.3. The van der Waals surface area contributed by atoms with E-state index in [1.165, 1.54) is 19.3 Å². The summed E-state index contributed by atoms with van der Waals surface area (Å²) in [4.78, 5) is 34.0. The molecule has 5 rings (SSSR count). The summed E-state index contributed by atoms with van der Waals surface area (Å²) < 4.78 is 1.91. The number of halogens is 1. The van der Waals surface area contributed by atoms with Gasteiger partial charge in [0.15, 0.2) is 5.82 Å². The predicted molar refractivity (Wildman–Crippen MR) is 134 cm³/mol. The Morgan fingerprint density at radius 1 is 1.06 bits per heavy atom. The number of para-hydroxylation sites is 2. The Labute approximate surface area is 205 Å². The molecule has 0 spiro atoms. The minimum atomic E-state index is -1.05. The summed E-state index contributed by atoms with van der Waals surface area (Å²) in [5.74, 6) is 0.0583. The summed E-state index contributed by atoms with van der Waals surface area (Å²) in [7, 11) is 0. The third kappa shape index (κ3) is 4.31. The molecule has 1 atom stereocenters. The molecule has 1 saturated carbocycles. The number of fused-ring (bicyclic) bond motifs is 3. The van der Waals surface area contributed by atoms with Gasteiger partial charge in [-0.05, 0) is 49.6 Å². The summed E-state index contributed by atoms with van der Waals surface area (Å²) in [6, 6.07) is 15.3. The molecule has 2 heterocycles. The van der Waals surface area contributed by atoms with Crippen LogP contribution >= 0.6 is 11.6 Å². The molecule has 0 unspecified atom stereocenters. The van der Waals surface area contributed by atoms with Crippen molar-refractivity contribution in [3.63, 3.8) is 0 Å². The highest BCUT2D eigenvalue weighted by Crippen LogP contribution is 2.32. The van der Waals surface area contributed by atoms with E-state index in [1.54, 1.807) is 4.90 Å². The summed E-state index contributed by atoms with van der Waals surface area (Å²) in [5, 5.41) is 3.96. The lowest BCUT2D eigenvalue weighted by atomic mass is 9.92. The SMILES string of the molecule is C[C@]1(C(=O)NC2CCCCCCC2)Cn2c(nc3ccccc32)C(=O)N1Cc1ccc(Cl)cc1. The van der Waals surface area contributed by atoms with Crippen molar-refractivity contribution >= 4 is 34.4 Å². The van der Waals surface area contributed by atoms with Crippen molar-refractivity contribution in [2.24, 2.45) is 0 Å². The molecule has 1 fully saturated rings. The first-order valence-corrected chi connectivity index (χ1v) is 12.7. The van der Waals surface area contributed by atoms with Crippen LogP contribution in [0.25, 0.3) is 11.0 Å². The zero-order chi connectivity index (χ0) is 23.7. The lowest BCUT2D eigenvalue weighted by molar-refractivity contribution is -0.134. The molecule has 1 aliphatic carbocycles. The molecule has 0 saturated heterocycles. The molecule has 6 nitrogen and oxygen atoms in total. The summed E-state index contributed by atoms with van der Waals surface area (Å²) in [6.45, 7) is 2.56. The molecular formula is C27H31ClN4O2. The third-order valence-electron chi connectivity index (χ3n) is 7.34. The maximum absolute atomic E-state index is 13.9. The number of imidazole rings is 1. The Bertz CT molecular complexity index is 1200. The van der Waals surface area contributed by atoms with Crippen LogP contribution in [0.1, 0.15) is 68.1 Å². The highest BCUT2D eigenvalue weighted by atomic mass is 35.5. The van der Waals surface area contributed by atoms with E-state index in [9.17, 15) is 9.59 Å². The maximum Gasteiger partial charge on any atom is 0.291 e. The van der Waals surface area contributed by atoms with Crippen LogP contribution in [0.5, 0.6) is 0 Å². The number of hydrogen-bond donors (Lipinski definition) is 1. The molecule has 2 aromatic carbocycles. The number of carbonyl (C=O) groups is 2. The number of nitrogens with one attached hydrogen (secondary N) is 1. The first-order chi connectivity index (χ1) is 16.5. The fourth-order valence-electron chi connectivity index (χ4n) is 5.29. The lowest BCUT2D eigenvalue weighted by Crippen LogP contribution is -2.64. The van der Waals surface area contributed by atoms with Gasteiger partial charge in [0.05, 0.1) is 17.6 Å². The average Bonchev–Trinajstić information content (AvgIpc) is 3.18. The number of benzene rings is 2. The quantitative estimate of drug-likeness (QED) is 0.550. The smallest absolute Gasteiger partial charge is 0.291 e. The molecule has 2 amide bonds. The topological polar surface area (TPSA) is 67.2 Å². The van der Waals surface area contributed by atoms with E-state index in [1.807, 2.05) is 60.0 Å². The van der Waals surface area contributed by atoms with Gasteiger partial charge >= 0.3 is 0 Å². The van der Waals surface area contributed by atoms with Crippen molar-refractivity contribution in [3.05, 3.63) is 64.9 Å². The van der Waals surface area contributed by atoms with Crippen molar-refractivity contribution in [1.29, 1.82) is 0 Å². The molecule has 178 valence electrons. The van der Waals surface area contributed by atoms with Gasteiger partial charge in [-0.2, -0.15) is 0 Å². The van der Waals surface area contributed by atoms with E-state index in [-0.39, 0.29) is 17.9 Å². The second-order valence-electron chi connectivity index (χ2n) is 9.82. The minimum absolute atomic E-state index is 0.0937. The third-order valence-corrected chi connectivity index (χ3v) is 7.59. The molecule has 0 radical (unpaired) electrons. The maximum atomic E-state index is 13.9. The predicted octanol–water partition coefficient (Wildman–Crippen LogP) is 5.33. The van der Waals surface area contributed by atoms with E-state index in [0.29, 0.717) is 23.9 Å². The summed E-state index contributed by atoms with van der Waals surface area (Å²) in [6.07, 6.45) is 7.96. The van der Waals surface area contributed by atoms with Gasteiger partial charge in [0, 0.05) is 17.6 Å². The van der Waals surface area contributed by atoms with Crippen LogP contribution < -0.4 is 5.32 Å². The fourth-order valence-corrected chi connectivity index (χ4v) is 5.42. The van der Waals surface area contributed by atoms with Crippen LogP contribution in [0.2, 0.25) is 5.02 Å². The molecule has 0 bridgehead atoms. The Balaban J connectivity index is 1.51. The molecule has 7 heteroatoms. The van der Waals surface area contributed by atoms with E-state index in [4.69, 9.17) is 11.6 Å². The monoisotopic (exact) mass is 478 g/mol. The number of carbonyl (C=O) groups excluding carboxylic acids is 2. The van der Waals surface area contributed by atoms with Gasteiger partial charge in [0.2, 0.25) is 5.91 Å². The summed E-state index contributed by atoms with van der Waals surface area (Å²) >= 11 is 6.08. The second kappa shape index (κ2) is 9.41. The van der Waals surface area contributed by atoms with Crippen LogP contribution in [0.15, 0.2) is 48.5 Å².